The maximum atomic E-state index is 6.30. The minimum atomic E-state index is -0.0816. The van der Waals surface area contributed by atoms with Crippen LogP contribution in [-0.2, 0) is 0 Å². The summed E-state index contributed by atoms with van der Waals surface area (Å²) in [6.45, 7) is 4.75. The normalized spacial score (nSPS) is 12.2. The van der Waals surface area contributed by atoms with E-state index < -0.39 is 0 Å². The van der Waals surface area contributed by atoms with Crippen molar-refractivity contribution in [2.24, 2.45) is 5.73 Å². The van der Waals surface area contributed by atoms with Crippen LogP contribution in [0.1, 0.15) is 29.7 Å². The van der Waals surface area contributed by atoms with Crippen molar-refractivity contribution in [3.8, 4) is 5.75 Å². The summed E-state index contributed by atoms with van der Waals surface area (Å²) in [4.78, 5) is 0. The molecule has 0 aliphatic heterocycles. The van der Waals surface area contributed by atoms with Crippen LogP contribution in [0, 0.1) is 6.92 Å². The van der Waals surface area contributed by atoms with Crippen LogP contribution in [0.4, 0.5) is 0 Å². The van der Waals surface area contributed by atoms with Crippen molar-refractivity contribution in [3.05, 3.63) is 65.2 Å². The maximum Gasteiger partial charge on any atom is 0.119 e. The van der Waals surface area contributed by atoms with E-state index in [1.165, 1.54) is 11.1 Å². The number of rotatable bonds is 4. The van der Waals surface area contributed by atoms with Gasteiger partial charge in [0.05, 0.1) is 12.6 Å². The molecular weight excluding hydrogens is 222 g/mol. The molecule has 18 heavy (non-hydrogen) atoms. The van der Waals surface area contributed by atoms with Gasteiger partial charge in [0.2, 0.25) is 0 Å². The van der Waals surface area contributed by atoms with Gasteiger partial charge in [-0.05, 0) is 42.7 Å². The third-order valence-corrected chi connectivity index (χ3v) is 3.07. The van der Waals surface area contributed by atoms with Crippen molar-refractivity contribution in [2.45, 2.75) is 19.9 Å². The Morgan fingerprint density at radius 2 is 1.72 bits per heavy atom. The number of ether oxygens (including phenoxy) is 1. The monoisotopic (exact) mass is 241 g/mol. The minimum Gasteiger partial charge on any atom is -0.494 e. The zero-order valence-corrected chi connectivity index (χ0v) is 10.9. The summed E-state index contributed by atoms with van der Waals surface area (Å²) in [6.07, 6.45) is 0. The van der Waals surface area contributed by atoms with E-state index in [4.69, 9.17) is 10.5 Å². The molecule has 0 bridgehead atoms. The summed E-state index contributed by atoms with van der Waals surface area (Å²) >= 11 is 0. The van der Waals surface area contributed by atoms with E-state index in [1.54, 1.807) is 0 Å². The van der Waals surface area contributed by atoms with Crippen molar-refractivity contribution in [2.75, 3.05) is 6.61 Å². The first-order valence-corrected chi connectivity index (χ1v) is 6.26. The van der Waals surface area contributed by atoms with Gasteiger partial charge in [-0.15, -0.1) is 0 Å². The van der Waals surface area contributed by atoms with E-state index in [9.17, 15) is 0 Å². The lowest BCUT2D eigenvalue weighted by Crippen LogP contribution is -2.13. The summed E-state index contributed by atoms with van der Waals surface area (Å²) in [7, 11) is 0. The molecule has 2 nitrogen and oxygen atoms in total. The number of nitrogens with two attached hydrogens (primary N) is 1. The smallest absolute Gasteiger partial charge is 0.119 e. The lowest BCUT2D eigenvalue weighted by Gasteiger charge is -2.15. The summed E-state index contributed by atoms with van der Waals surface area (Å²) in [5, 5.41) is 0. The highest BCUT2D eigenvalue weighted by atomic mass is 16.5. The zero-order chi connectivity index (χ0) is 13.0. The van der Waals surface area contributed by atoms with Gasteiger partial charge in [-0.1, -0.05) is 36.4 Å². The molecule has 2 aromatic carbocycles. The quantitative estimate of drug-likeness (QED) is 0.890. The van der Waals surface area contributed by atoms with Gasteiger partial charge >= 0.3 is 0 Å². The summed E-state index contributed by atoms with van der Waals surface area (Å²) in [6, 6.07) is 16.1. The molecule has 0 aromatic heterocycles. The molecule has 2 rings (SSSR count). The minimum absolute atomic E-state index is 0.0816. The van der Waals surface area contributed by atoms with Gasteiger partial charge in [-0.25, -0.2) is 0 Å². The third-order valence-electron chi connectivity index (χ3n) is 3.07. The Hall–Kier alpha value is -1.80. The van der Waals surface area contributed by atoms with Crippen LogP contribution in [0.5, 0.6) is 5.75 Å². The largest absolute Gasteiger partial charge is 0.494 e. The standard InChI is InChI=1S/C16H19NO/c1-3-18-14-10-8-13(9-11-14)16(17)15-7-5-4-6-12(15)2/h4-11,16H,3,17H2,1-2H3. The second-order valence-corrected chi connectivity index (χ2v) is 4.34. The second kappa shape index (κ2) is 5.69. The topological polar surface area (TPSA) is 35.2 Å². The SMILES string of the molecule is CCOc1ccc(C(N)c2ccccc2C)cc1. The van der Waals surface area contributed by atoms with E-state index in [2.05, 4.69) is 19.1 Å². The summed E-state index contributed by atoms with van der Waals surface area (Å²) in [5.74, 6) is 0.887. The van der Waals surface area contributed by atoms with E-state index >= 15 is 0 Å². The molecule has 1 atom stereocenters. The highest BCUT2D eigenvalue weighted by Gasteiger charge is 2.10. The van der Waals surface area contributed by atoms with Crippen molar-refractivity contribution in [3.63, 3.8) is 0 Å². The molecule has 0 spiro atoms. The maximum absolute atomic E-state index is 6.30. The molecule has 0 aliphatic rings. The number of hydrogen-bond acceptors (Lipinski definition) is 2. The predicted molar refractivity (Wildman–Crippen MR) is 74.8 cm³/mol. The first-order chi connectivity index (χ1) is 8.72. The van der Waals surface area contributed by atoms with Crippen LogP contribution in [-0.4, -0.2) is 6.61 Å². The van der Waals surface area contributed by atoms with Crippen LogP contribution in [0.15, 0.2) is 48.5 Å². The fraction of sp³-hybridized carbons (Fsp3) is 0.250. The van der Waals surface area contributed by atoms with Crippen molar-refractivity contribution in [1.29, 1.82) is 0 Å². The molecule has 0 saturated carbocycles. The van der Waals surface area contributed by atoms with Crippen molar-refractivity contribution < 1.29 is 4.74 Å². The van der Waals surface area contributed by atoms with Gasteiger partial charge in [0, 0.05) is 0 Å². The van der Waals surface area contributed by atoms with E-state index in [0.717, 1.165) is 11.3 Å². The van der Waals surface area contributed by atoms with Gasteiger partial charge in [-0.3, -0.25) is 0 Å². The summed E-state index contributed by atoms with van der Waals surface area (Å²) in [5.41, 5.74) is 9.79. The molecular formula is C16H19NO. The lowest BCUT2D eigenvalue weighted by atomic mass is 9.96. The van der Waals surface area contributed by atoms with E-state index in [1.807, 2.05) is 43.3 Å². The van der Waals surface area contributed by atoms with Crippen LogP contribution in [0.3, 0.4) is 0 Å². The summed E-state index contributed by atoms with van der Waals surface area (Å²) < 4.78 is 5.43. The molecule has 2 N–H and O–H groups in total. The molecule has 0 amide bonds. The highest BCUT2D eigenvalue weighted by Crippen LogP contribution is 2.24. The molecule has 2 heteroatoms. The fourth-order valence-electron chi connectivity index (χ4n) is 2.05. The molecule has 0 fully saturated rings. The highest BCUT2D eigenvalue weighted by molar-refractivity contribution is 5.38. The molecule has 0 heterocycles. The Labute approximate surface area is 108 Å². The Balaban J connectivity index is 2.23. The predicted octanol–water partition coefficient (Wildman–Crippen LogP) is 3.44. The number of hydrogen-bond donors (Lipinski definition) is 1. The Bertz CT molecular complexity index is 505. The van der Waals surface area contributed by atoms with Crippen LogP contribution < -0.4 is 10.5 Å². The third kappa shape index (κ3) is 2.71. The van der Waals surface area contributed by atoms with E-state index in [-0.39, 0.29) is 6.04 Å². The fourth-order valence-corrected chi connectivity index (χ4v) is 2.05. The molecule has 0 saturated heterocycles. The number of benzene rings is 2. The van der Waals surface area contributed by atoms with Gasteiger partial charge in [0.15, 0.2) is 0 Å². The Morgan fingerprint density at radius 3 is 2.33 bits per heavy atom. The lowest BCUT2D eigenvalue weighted by molar-refractivity contribution is 0.340. The molecule has 0 radical (unpaired) electrons. The molecule has 94 valence electrons. The van der Waals surface area contributed by atoms with Gasteiger partial charge in [0.1, 0.15) is 5.75 Å². The average molecular weight is 241 g/mol. The van der Waals surface area contributed by atoms with Crippen molar-refractivity contribution >= 4 is 0 Å². The molecule has 2 aromatic rings. The van der Waals surface area contributed by atoms with Gasteiger partial charge in [-0.2, -0.15) is 0 Å². The van der Waals surface area contributed by atoms with Crippen molar-refractivity contribution in [1.82, 2.24) is 0 Å². The average Bonchev–Trinajstić information content (AvgIpc) is 2.40. The first kappa shape index (κ1) is 12.7. The van der Waals surface area contributed by atoms with E-state index in [0.29, 0.717) is 6.61 Å². The van der Waals surface area contributed by atoms with Crippen LogP contribution >= 0.6 is 0 Å². The second-order valence-electron chi connectivity index (χ2n) is 4.34. The first-order valence-electron chi connectivity index (χ1n) is 6.26. The molecule has 1 unspecified atom stereocenters. The number of aryl methyl sites for hydroxylation is 1. The Kier molecular flexibility index (Phi) is 4.00. The zero-order valence-electron chi connectivity index (χ0n) is 10.9. The Morgan fingerprint density at radius 1 is 1.06 bits per heavy atom. The van der Waals surface area contributed by atoms with Gasteiger partial charge in [0.25, 0.3) is 0 Å². The van der Waals surface area contributed by atoms with Crippen LogP contribution in [0.2, 0.25) is 0 Å². The van der Waals surface area contributed by atoms with Gasteiger partial charge < -0.3 is 10.5 Å². The van der Waals surface area contributed by atoms with Crippen LogP contribution in [0.25, 0.3) is 0 Å². The molecule has 0 aliphatic carbocycles.